The Balaban J connectivity index is 3.05. The highest BCUT2D eigenvalue weighted by molar-refractivity contribution is 14.1. The highest BCUT2D eigenvalue weighted by Gasteiger charge is 2.00. The number of carbonyl (C=O) groups excluding carboxylic acids is 1. The van der Waals surface area contributed by atoms with Crippen LogP contribution in [0.5, 0.6) is 0 Å². The summed E-state index contributed by atoms with van der Waals surface area (Å²) < 4.78 is 4.31. The summed E-state index contributed by atoms with van der Waals surface area (Å²) in [5.74, 6) is 0. The molecule has 0 aromatic heterocycles. The summed E-state index contributed by atoms with van der Waals surface area (Å²) in [5, 5.41) is 9.57. The van der Waals surface area contributed by atoms with Crippen LogP contribution >= 0.6 is 22.6 Å². The Labute approximate surface area is 61.2 Å². The molecule has 3 nitrogen and oxygen atoms in total. The molecule has 0 aromatic carbocycles. The molecule has 0 aliphatic carbocycles. The molecule has 0 bridgehead atoms. The molecule has 0 saturated heterocycles. The first-order valence-electron chi connectivity index (χ1n) is 2.10. The second kappa shape index (κ2) is 3.94. The highest BCUT2D eigenvalue weighted by atomic mass is 127. The first-order chi connectivity index (χ1) is 3.63. The van der Waals surface area contributed by atoms with E-state index < -0.39 is 6.16 Å². The lowest BCUT2D eigenvalue weighted by Gasteiger charge is -1.97. The Bertz CT molecular complexity index is 81.4. The summed E-state index contributed by atoms with van der Waals surface area (Å²) in [7, 11) is 0. The molecule has 8 heavy (non-hydrogen) atoms. The molecule has 47 valence electrons. The summed E-state index contributed by atoms with van der Waals surface area (Å²) >= 11 is 2.06. The Hall–Kier alpha value is 0. The van der Waals surface area contributed by atoms with Crippen molar-refractivity contribution in [1.82, 2.24) is 0 Å². The minimum Gasteiger partial charge on any atom is -0.431 e. The number of carbonyl (C=O) groups is 1. The summed E-state index contributed by atoms with van der Waals surface area (Å²) in [4.78, 5) is 9.57. The highest BCUT2D eigenvalue weighted by Crippen LogP contribution is 1.97. The molecule has 0 amide bonds. The fraction of sp³-hybridized carbons (Fsp3) is 0.750. The van der Waals surface area contributed by atoms with Gasteiger partial charge in [0.1, 0.15) is 6.61 Å². The van der Waals surface area contributed by atoms with Crippen molar-refractivity contribution < 1.29 is 14.6 Å². The van der Waals surface area contributed by atoms with E-state index in [0.29, 0.717) is 0 Å². The van der Waals surface area contributed by atoms with E-state index >= 15 is 0 Å². The molecule has 1 radical (unpaired) electrons. The molecule has 0 rings (SSSR count). The summed E-state index contributed by atoms with van der Waals surface area (Å²) in [6, 6.07) is 0. The number of rotatable bonds is 2. The molecule has 1 atom stereocenters. The van der Waals surface area contributed by atoms with Crippen LogP contribution in [0.25, 0.3) is 0 Å². The molecule has 0 aromatic rings. The predicted octanol–water partition coefficient (Wildman–Crippen LogP) is 1.38. The van der Waals surface area contributed by atoms with Gasteiger partial charge in [0, 0.05) is 3.92 Å². The minimum atomic E-state index is -1.45. The van der Waals surface area contributed by atoms with Crippen molar-refractivity contribution in [2.24, 2.45) is 0 Å². The van der Waals surface area contributed by atoms with Crippen LogP contribution in [0.1, 0.15) is 6.92 Å². The van der Waals surface area contributed by atoms with Gasteiger partial charge in [-0.2, -0.15) is 9.90 Å². The molecule has 0 saturated carbocycles. The third-order valence-electron chi connectivity index (χ3n) is 0.431. The lowest BCUT2D eigenvalue weighted by atomic mass is 10.5. The molecular formula is C4H6IO3. The van der Waals surface area contributed by atoms with Gasteiger partial charge >= 0.3 is 6.16 Å². The van der Waals surface area contributed by atoms with E-state index in [2.05, 4.69) is 27.3 Å². The molecule has 0 spiro atoms. The SMILES string of the molecule is CC(I)COC([O])=O. The van der Waals surface area contributed by atoms with Crippen molar-refractivity contribution in [3.63, 3.8) is 0 Å². The Kier molecular flexibility index (Phi) is 3.94. The zero-order valence-corrected chi connectivity index (χ0v) is 6.54. The minimum absolute atomic E-state index is 0.211. The van der Waals surface area contributed by atoms with Crippen molar-refractivity contribution in [2.45, 2.75) is 10.8 Å². The Morgan fingerprint density at radius 1 is 1.88 bits per heavy atom. The van der Waals surface area contributed by atoms with Gasteiger partial charge < -0.3 is 4.74 Å². The molecule has 1 unspecified atom stereocenters. The van der Waals surface area contributed by atoms with Crippen LogP contribution in [0.2, 0.25) is 0 Å². The lowest BCUT2D eigenvalue weighted by Crippen LogP contribution is -2.07. The van der Waals surface area contributed by atoms with Gasteiger partial charge in [-0.1, -0.05) is 29.5 Å². The van der Waals surface area contributed by atoms with Gasteiger partial charge in [-0.25, -0.2) is 0 Å². The molecule has 0 N–H and O–H groups in total. The normalized spacial score (nSPS) is 12.8. The zero-order valence-electron chi connectivity index (χ0n) is 4.39. The van der Waals surface area contributed by atoms with Crippen molar-refractivity contribution >= 4 is 28.7 Å². The predicted molar refractivity (Wildman–Crippen MR) is 35.5 cm³/mol. The average molecular weight is 229 g/mol. The summed E-state index contributed by atoms with van der Waals surface area (Å²) in [5.41, 5.74) is 0. The van der Waals surface area contributed by atoms with Crippen molar-refractivity contribution in [3.05, 3.63) is 0 Å². The van der Waals surface area contributed by atoms with Gasteiger partial charge in [0.2, 0.25) is 0 Å². The maximum Gasteiger partial charge on any atom is 0.550 e. The van der Waals surface area contributed by atoms with Gasteiger partial charge in [-0.3, -0.25) is 0 Å². The number of halogens is 1. The molecule has 0 aliphatic heterocycles. The first-order valence-corrected chi connectivity index (χ1v) is 3.35. The van der Waals surface area contributed by atoms with Crippen LogP contribution in [-0.2, 0) is 9.84 Å². The van der Waals surface area contributed by atoms with Crippen LogP contribution in [0.3, 0.4) is 0 Å². The van der Waals surface area contributed by atoms with Gasteiger partial charge in [-0.05, 0) is 0 Å². The molecule has 0 aliphatic rings. The largest absolute Gasteiger partial charge is 0.550 e. The van der Waals surface area contributed by atoms with E-state index in [1.165, 1.54) is 0 Å². The van der Waals surface area contributed by atoms with E-state index in [0.717, 1.165) is 0 Å². The van der Waals surface area contributed by atoms with Crippen molar-refractivity contribution in [3.8, 4) is 0 Å². The van der Waals surface area contributed by atoms with Crippen molar-refractivity contribution in [1.29, 1.82) is 0 Å². The molecular weight excluding hydrogens is 223 g/mol. The van der Waals surface area contributed by atoms with E-state index in [1.807, 2.05) is 6.92 Å². The summed E-state index contributed by atoms with van der Waals surface area (Å²) in [6.07, 6.45) is -1.45. The Morgan fingerprint density at radius 3 is 2.50 bits per heavy atom. The van der Waals surface area contributed by atoms with E-state index in [1.54, 1.807) is 0 Å². The van der Waals surface area contributed by atoms with E-state index in [9.17, 15) is 9.90 Å². The zero-order chi connectivity index (χ0) is 6.57. The second-order valence-corrected chi connectivity index (χ2v) is 3.47. The van der Waals surface area contributed by atoms with Gasteiger partial charge in [0.15, 0.2) is 0 Å². The third kappa shape index (κ3) is 6.00. The van der Waals surface area contributed by atoms with Crippen LogP contribution < -0.4 is 0 Å². The van der Waals surface area contributed by atoms with Gasteiger partial charge in [0.05, 0.1) is 0 Å². The van der Waals surface area contributed by atoms with Gasteiger partial charge in [-0.15, -0.1) is 0 Å². The van der Waals surface area contributed by atoms with Gasteiger partial charge in [0.25, 0.3) is 0 Å². The van der Waals surface area contributed by atoms with Crippen LogP contribution in [0.4, 0.5) is 4.79 Å². The first kappa shape index (κ1) is 8.00. The average Bonchev–Trinajstić information content (AvgIpc) is 1.61. The van der Waals surface area contributed by atoms with E-state index in [4.69, 9.17) is 0 Å². The van der Waals surface area contributed by atoms with Crippen LogP contribution in [0.15, 0.2) is 0 Å². The molecule has 0 heterocycles. The molecule has 0 fully saturated rings. The summed E-state index contributed by atoms with van der Waals surface area (Å²) in [6.45, 7) is 2.06. The molecule has 4 heteroatoms. The smallest absolute Gasteiger partial charge is 0.431 e. The number of alkyl halides is 1. The lowest BCUT2D eigenvalue weighted by molar-refractivity contribution is 0.0698. The monoisotopic (exact) mass is 229 g/mol. The standard InChI is InChI=1S/C4H6IO3/c1-3(5)2-8-4(6)7/h3H,2H2,1H3. The fourth-order valence-electron chi connectivity index (χ4n) is 0.183. The van der Waals surface area contributed by atoms with Crippen LogP contribution in [-0.4, -0.2) is 16.7 Å². The Morgan fingerprint density at radius 2 is 2.38 bits per heavy atom. The van der Waals surface area contributed by atoms with Crippen LogP contribution in [0, 0.1) is 0 Å². The second-order valence-electron chi connectivity index (χ2n) is 1.34. The van der Waals surface area contributed by atoms with Crippen molar-refractivity contribution in [2.75, 3.05) is 6.61 Å². The third-order valence-corrected chi connectivity index (χ3v) is 0.790. The maximum atomic E-state index is 9.57. The van der Waals surface area contributed by atoms with E-state index in [-0.39, 0.29) is 10.5 Å². The number of hydrogen-bond donors (Lipinski definition) is 0. The fourth-order valence-corrected chi connectivity index (χ4v) is 0.363. The number of hydrogen-bond acceptors (Lipinski definition) is 2. The quantitative estimate of drug-likeness (QED) is 0.408. The maximum absolute atomic E-state index is 9.57. The number of ether oxygens (including phenoxy) is 1. The topological polar surface area (TPSA) is 46.2 Å².